The second-order valence-corrected chi connectivity index (χ2v) is 6.11. The molecule has 0 saturated carbocycles. The Morgan fingerprint density at radius 3 is 2.72 bits per heavy atom. The molecule has 3 N–H and O–H groups in total. The van der Waals surface area contributed by atoms with Crippen LogP contribution in [-0.2, 0) is 10.8 Å². The van der Waals surface area contributed by atoms with Crippen LogP contribution in [0, 0.1) is 0 Å². The summed E-state index contributed by atoms with van der Waals surface area (Å²) >= 11 is 5.98. The van der Waals surface area contributed by atoms with Crippen molar-refractivity contribution in [1.82, 2.24) is 0 Å². The molecule has 1 heterocycles. The van der Waals surface area contributed by atoms with Crippen LogP contribution in [0.25, 0.3) is 0 Å². The molecule has 0 spiro atoms. The molecule has 98 valence electrons. The molecule has 1 aromatic rings. The third-order valence-corrected chi connectivity index (χ3v) is 4.37. The van der Waals surface area contributed by atoms with Gasteiger partial charge in [-0.2, -0.15) is 0 Å². The fourth-order valence-electron chi connectivity index (χ4n) is 1.92. The summed E-state index contributed by atoms with van der Waals surface area (Å²) in [6.45, 7) is 1.36. The summed E-state index contributed by atoms with van der Waals surface area (Å²) in [6, 6.07) is 5.20. The van der Waals surface area contributed by atoms with Gasteiger partial charge in [0.2, 0.25) is 0 Å². The minimum absolute atomic E-state index is 0.0494. The van der Waals surface area contributed by atoms with E-state index in [1.807, 2.05) is 0 Å². The van der Waals surface area contributed by atoms with E-state index in [4.69, 9.17) is 22.5 Å². The monoisotopic (exact) mass is 287 g/mol. The first kappa shape index (κ1) is 13.2. The van der Waals surface area contributed by atoms with Gasteiger partial charge in [0.05, 0.1) is 0 Å². The number of hydrogen-bond donors (Lipinski definition) is 2. The Morgan fingerprint density at radius 1 is 1.44 bits per heavy atom. The van der Waals surface area contributed by atoms with Gasteiger partial charge in [-0.3, -0.25) is 4.21 Å². The average molecular weight is 288 g/mol. The highest BCUT2D eigenvalue weighted by molar-refractivity contribution is 7.85. The van der Waals surface area contributed by atoms with Gasteiger partial charge in [0.1, 0.15) is 0 Å². The Bertz CT molecular complexity index is 497. The third-order valence-electron chi connectivity index (χ3n) is 2.86. The molecular formula is C11H14ClN3O2S. The van der Waals surface area contributed by atoms with Crippen molar-refractivity contribution >= 4 is 33.9 Å². The maximum absolute atomic E-state index is 11.4. The molecule has 0 unspecified atom stereocenters. The lowest BCUT2D eigenvalue weighted by Gasteiger charge is -2.30. The Labute approximate surface area is 113 Å². The van der Waals surface area contributed by atoms with E-state index in [-0.39, 0.29) is 5.84 Å². The molecule has 1 aliphatic heterocycles. The summed E-state index contributed by atoms with van der Waals surface area (Å²) < 4.78 is 11.4. The van der Waals surface area contributed by atoms with Crippen molar-refractivity contribution in [3.8, 4) is 0 Å². The molecule has 18 heavy (non-hydrogen) atoms. The van der Waals surface area contributed by atoms with Gasteiger partial charge in [0.25, 0.3) is 0 Å². The topological polar surface area (TPSA) is 78.9 Å². The molecule has 5 nitrogen and oxygen atoms in total. The van der Waals surface area contributed by atoms with Gasteiger partial charge in [0.15, 0.2) is 5.84 Å². The number of nitrogens with two attached hydrogens (primary N) is 1. The Morgan fingerprint density at radius 2 is 2.11 bits per heavy atom. The minimum Gasteiger partial charge on any atom is -0.409 e. The van der Waals surface area contributed by atoms with Crippen molar-refractivity contribution in [2.24, 2.45) is 10.9 Å². The molecule has 1 aromatic carbocycles. The molecule has 0 bridgehead atoms. The quantitative estimate of drug-likeness (QED) is 0.368. The number of amidine groups is 1. The fourth-order valence-corrected chi connectivity index (χ4v) is 3.13. The second kappa shape index (κ2) is 5.58. The fraction of sp³-hybridized carbons (Fsp3) is 0.364. The van der Waals surface area contributed by atoms with Crippen molar-refractivity contribution in [1.29, 1.82) is 0 Å². The number of benzene rings is 1. The summed E-state index contributed by atoms with van der Waals surface area (Å²) in [5, 5.41) is 12.4. The standard InChI is InChI=1S/C11H14ClN3O2S/c12-8-1-2-9(11(13)14-16)10(7-8)15-3-5-18(17)6-4-15/h1-2,7,16H,3-6H2,(H2,13,14). The summed E-state index contributed by atoms with van der Waals surface area (Å²) in [5.41, 5.74) is 7.10. The van der Waals surface area contributed by atoms with Crippen molar-refractivity contribution in [3.63, 3.8) is 0 Å². The summed E-state index contributed by atoms with van der Waals surface area (Å²) in [4.78, 5) is 2.06. The van der Waals surface area contributed by atoms with Crippen molar-refractivity contribution in [2.75, 3.05) is 29.5 Å². The van der Waals surface area contributed by atoms with E-state index in [1.165, 1.54) is 0 Å². The smallest absolute Gasteiger partial charge is 0.172 e. The van der Waals surface area contributed by atoms with Crippen LogP contribution < -0.4 is 10.6 Å². The lowest BCUT2D eigenvalue weighted by molar-refractivity contribution is 0.318. The minimum atomic E-state index is -0.745. The normalized spacial score (nSPS) is 18.1. The first-order valence-corrected chi connectivity index (χ1v) is 7.36. The van der Waals surface area contributed by atoms with Crippen LogP contribution in [0.2, 0.25) is 5.02 Å². The first-order chi connectivity index (χ1) is 8.61. The maximum atomic E-state index is 11.4. The van der Waals surface area contributed by atoms with Gasteiger partial charge in [0, 0.05) is 51.7 Å². The Kier molecular flexibility index (Phi) is 4.08. The van der Waals surface area contributed by atoms with Gasteiger partial charge in [-0.05, 0) is 18.2 Å². The van der Waals surface area contributed by atoms with E-state index in [9.17, 15) is 4.21 Å². The van der Waals surface area contributed by atoms with Crippen LogP contribution in [0.1, 0.15) is 5.56 Å². The largest absolute Gasteiger partial charge is 0.409 e. The molecule has 0 atom stereocenters. The van der Waals surface area contributed by atoms with Crippen molar-refractivity contribution < 1.29 is 9.42 Å². The molecule has 0 amide bonds. The van der Waals surface area contributed by atoms with E-state index in [1.54, 1.807) is 18.2 Å². The van der Waals surface area contributed by atoms with Gasteiger partial charge in [-0.15, -0.1) is 0 Å². The Hall–Kier alpha value is -1.27. The lowest BCUT2D eigenvalue weighted by atomic mass is 10.1. The predicted octanol–water partition coefficient (Wildman–Crippen LogP) is 1.00. The molecule has 1 saturated heterocycles. The number of rotatable bonds is 2. The second-order valence-electron chi connectivity index (χ2n) is 3.98. The van der Waals surface area contributed by atoms with Gasteiger partial charge in [-0.25, -0.2) is 0 Å². The first-order valence-electron chi connectivity index (χ1n) is 5.49. The number of hydrogen-bond acceptors (Lipinski definition) is 4. The van der Waals surface area contributed by atoms with Crippen LogP contribution in [0.3, 0.4) is 0 Å². The summed E-state index contributed by atoms with van der Waals surface area (Å²) in [7, 11) is -0.745. The lowest BCUT2D eigenvalue weighted by Crippen LogP contribution is -2.38. The molecule has 0 radical (unpaired) electrons. The van der Waals surface area contributed by atoms with Gasteiger partial charge in [-0.1, -0.05) is 16.8 Å². The molecule has 0 aromatic heterocycles. The van der Waals surface area contributed by atoms with Crippen LogP contribution >= 0.6 is 11.6 Å². The molecule has 0 aliphatic carbocycles. The number of halogens is 1. The van der Waals surface area contributed by atoms with E-state index < -0.39 is 10.8 Å². The molecule has 1 fully saturated rings. The SMILES string of the molecule is NC(=NO)c1ccc(Cl)cc1N1CCS(=O)CC1. The number of nitrogens with zero attached hydrogens (tertiary/aromatic N) is 2. The van der Waals surface area contributed by atoms with Crippen LogP contribution in [0.4, 0.5) is 5.69 Å². The van der Waals surface area contributed by atoms with Crippen LogP contribution in [0.15, 0.2) is 23.4 Å². The number of anilines is 1. The highest BCUT2D eigenvalue weighted by Crippen LogP contribution is 2.26. The van der Waals surface area contributed by atoms with E-state index >= 15 is 0 Å². The third kappa shape index (κ3) is 2.76. The average Bonchev–Trinajstić information content (AvgIpc) is 2.38. The van der Waals surface area contributed by atoms with Gasteiger partial charge >= 0.3 is 0 Å². The van der Waals surface area contributed by atoms with Crippen LogP contribution in [0.5, 0.6) is 0 Å². The van der Waals surface area contributed by atoms with Crippen molar-refractivity contribution in [3.05, 3.63) is 28.8 Å². The molecular weight excluding hydrogens is 274 g/mol. The van der Waals surface area contributed by atoms with E-state index in [2.05, 4.69) is 10.1 Å². The van der Waals surface area contributed by atoms with Crippen LogP contribution in [-0.4, -0.2) is 39.8 Å². The van der Waals surface area contributed by atoms with E-state index in [0.29, 0.717) is 35.2 Å². The predicted molar refractivity (Wildman–Crippen MR) is 74.1 cm³/mol. The Balaban J connectivity index is 2.36. The highest BCUT2D eigenvalue weighted by atomic mass is 35.5. The van der Waals surface area contributed by atoms with Gasteiger partial charge < -0.3 is 15.8 Å². The van der Waals surface area contributed by atoms with Crippen molar-refractivity contribution in [2.45, 2.75) is 0 Å². The molecule has 2 rings (SSSR count). The zero-order valence-electron chi connectivity index (χ0n) is 9.67. The molecule has 7 heteroatoms. The number of oxime groups is 1. The maximum Gasteiger partial charge on any atom is 0.172 e. The zero-order valence-corrected chi connectivity index (χ0v) is 11.2. The summed E-state index contributed by atoms with van der Waals surface area (Å²) in [5.74, 6) is 1.30. The zero-order chi connectivity index (χ0) is 13.1. The highest BCUT2D eigenvalue weighted by Gasteiger charge is 2.19. The summed E-state index contributed by atoms with van der Waals surface area (Å²) in [6.07, 6.45) is 0. The van der Waals surface area contributed by atoms with E-state index in [0.717, 1.165) is 5.69 Å². The molecule has 1 aliphatic rings.